The maximum Gasteiger partial charge on any atom is 0.338 e. The molecule has 2 heterocycles. The molecule has 0 saturated heterocycles. The number of carbonyl (C=O) groups is 1. The second-order valence-electron chi connectivity index (χ2n) is 8.92. The Labute approximate surface area is 252 Å². The van der Waals surface area contributed by atoms with Crippen LogP contribution in [-0.4, -0.2) is 17.6 Å². The quantitative estimate of drug-likeness (QED) is 0.214. The Balaban J connectivity index is 1.66. The fourth-order valence-electron chi connectivity index (χ4n) is 4.53. The number of ether oxygens (including phenoxy) is 2. The molecule has 0 saturated carbocycles. The lowest BCUT2D eigenvalue weighted by Gasteiger charge is -2.25. The summed E-state index contributed by atoms with van der Waals surface area (Å²) in [5.74, 6) is 0.0229. The SMILES string of the molecule is CCC1=C(C(=O)OC)[C@@H](c2ccccc2)n2c(s/c(=C/c3cc(Cl)cc(Br)c3OCc3ccc(Cl)cc3)c2=O)=N1. The van der Waals surface area contributed by atoms with Crippen LogP contribution in [-0.2, 0) is 16.1 Å². The molecule has 4 aromatic rings. The second-order valence-corrected chi connectivity index (χ2v) is 11.7. The molecular weight excluding hydrogens is 635 g/mol. The van der Waals surface area contributed by atoms with Crippen molar-refractivity contribution in [3.05, 3.63) is 129 Å². The molecule has 1 aromatic heterocycles. The molecule has 0 bridgehead atoms. The fourth-order valence-corrected chi connectivity index (χ4v) is 6.62. The lowest BCUT2D eigenvalue weighted by atomic mass is 9.95. The molecule has 3 aromatic carbocycles. The van der Waals surface area contributed by atoms with Gasteiger partial charge in [0.15, 0.2) is 4.80 Å². The van der Waals surface area contributed by atoms with Gasteiger partial charge in [-0.3, -0.25) is 9.36 Å². The van der Waals surface area contributed by atoms with Crippen molar-refractivity contribution in [2.24, 2.45) is 4.99 Å². The lowest BCUT2D eigenvalue weighted by molar-refractivity contribution is -0.136. The highest BCUT2D eigenvalue weighted by atomic mass is 79.9. The molecule has 1 aliphatic rings. The number of methoxy groups -OCH3 is 1. The molecular formula is C30H23BrCl2N2O4S. The van der Waals surface area contributed by atoms with Crippen molar-refractivity contribution in [3.63, 3.8) is 0 Å². The van der Waals surface area contributed by atoms with Crippen LogP contribution < -0.4 is 19.6 Å². The monoisotopic (exact) mass is 656 g/mol. The van der Waals surface area contributed by atoms with Gasteiger partial charge in [-0.15, -0.1) is 0 Å². The normalized spacial score (nSPS) is 15.0. The largest absolute Gasteiger partial charge is 0.487 e. The van der Waals surface area contributed by atoms with Crippen LogP contribution in [0.1, 0.15) is 36.1 Å². The van der Waals surface area contributed by atoms with Gasteiger partial charge in [-0.1, -0.05) is 83.9 Å². The van der Waals surface area contributed by atoms with Crippen molar-refractivity contribution in [2.75, 3.05) is 7.11 Å². The number of carbonyl (C=O) groups excluding carboxylic acids is 1. The summed E-state index contributed by atoms with van der Waals surface area (Å²) < 4.78 is 13.9. The molecule has 10 heteroatoms. The van der Waals surface area contributed by atoms with Gasteiger partial charge in [0, 0.05) is 15.6 Å². The van der Waals surface area contributed by atoms with Crippen LogP contribution in [0.25, 0.3) is 6.08 Å². The summed E-state index contributed by atoms with van der Waals surface area (Å²) in [4.78, 5) is 32.1. The molecule has 0 fully saturated rings. The molecule has 0 unspecified atom stereocenters. The highest BCUT2D eigenvalue weighted by Gasteiger charge is 2.33. The Morgan fingerprint density at radius 2 is 1.82 bits per heavy atom. The van der Waals surface area contributed by atoms with Crippen molar-refractivity contribution in [1.82, 2.24) is 4.57 Å². The molecule has 0 radical (unpaired) electrons. The number of aromatic nitrogens is 1. The van der Waals surface area contributed by atoms with Gasteiger partial charge in [0.2, 0.25) is 0 Å². The van der Waals surface area contributed by atoms with E-state index in [0.29, 0.717) is 52.9 Å². The van der Waals surface area contributed by atoms with Crippen LogP contribution in [0.3, 0.4) is 0 Å². The third-order valence-corrected chi connectivity index (χ3v) is 8.43. The first kappa shape index (κ1) is 28.4. The van der Waals surface area contributed by atoms with Crippen molar-refractivity contribution < 1.29 is 14.3 Å². The molecule has 0 N–H and O–H groups in total. The summed E-state index contributed by atoms with van der Waals surface area (Å²) in [5, 5.41) is 1.12. The summed E-state index contributed by atoms with van der Waals surface area (Å²) in [6.07, 6.45) is 2.25. The number of allylic oxidation sites excluding steroid dienone is 1. The number of fused-ring (bicyclic) bond motifs is 1. The number of nitrogens with zero attached hydrogens (tertiary/aromatic N) is 2. The molecule has 1 atom stereocenters. The van der Waals surface area contributed by atoms with Crippen LogP contribution in [0.5, 0.6) is 5.75 Å². The molecule has 204 valence electrons. The lowest BCUT2D eigenvalue weighted by Crippen LogP contribution is -2.40. The van der Waals surface area contributed by atoms with E-state index in [2.05, 4.69) is 15.9 Å². The van der Waals surface area contributed by atoms with E-state index in [0.717, 1.165) is 11.1 Å². The molecule has 0 spiro atoms. The summed E-state index contributed by atoms with van der Waals surface area (Å²) >= 11 is 17.2. The first-order valence-electron chi connectivity index (χ1n) is 12.3. The van der Waals surface area contributed by atoms with Gasteiger partial charge in [0.25, 0.3) is 5.56 Å². The third-order valence-electron chi connectivity index (χ3n) is 6.39. The van der Waals surface area contributed by atoms with E-state index in [9.17, 15) is 9.59 Å². The van der Waals surface area contributed by atoms with Crippen molar-refractivity contribution in [1.29, 1.82) is 0 Å². The van der Waals surface area contributed by atoms with Gasteiger partial charge in [-0.05, 0) is 63.8 Å². The first-order chi connectivity index (χ1) is 19.3. The van der Waals surface area contributed by atoms with Crippen LogP contribution >= 0.6 is 50.5 Å². The Morgan fingerprint density at radius 3 is 2.50 bits per heavy atom. The van der Waals surface area contributed by atoms with Gasteiger partial charge in [0.05, 0.1) is 33.4 Å². The van der Waals surface area contributed by atoms with Crippen molar-refractivity contribution >= 4 is 62.5 Å². The van der Waals surface area contributed by atoms with E-state index in [4.69, 9.17) is 37.7 Å². The molecule has 40 heavy (non-hydrogen) atoms. The predicted molar refractivity (Wildman–Crippen MR) is 162 cm³/mol. The Hall–Kier alpha value is -3.17. The number of hydrogen-bond acceptors (Lipinski definition) is 6. The summed E-state index contributed by atoms with van der Waals surface area (Å²) in [5.41, 5.74) is 3.00. The highest BCUT2D eigenvalue weighted by molar-refractivity contribution is 9.10. The van der Waals surface area contributed by atoms with Gasteiger partial charge < -0.3 is 9.47 Å². The van der Waals surface area contributed by atoms with E-state index in [1.807, 2.05) is 49.4 Å². The highest BCUT2D eigenvalue weighted by Crippen LogP contribution is 2.35. The zero-order valence-electron chi connectivity index (χ0n) is 21.5. The molecule has 0 amide bonds. The van der Waals surface area contributed by atoms with E-state index < -0.39 is 12.0 Å². The summed E-state index contributed by atoms with van der Waals surface area (Å²) in [6, 6.07) is 19.6. The van der Waals surface area contributed by atoms with E-state index in [1.165, 1.54) is 18.4 Å². The van der Waals surface area contributed by atoms with Crippen LogP contribution in [0, 0.1) is 0 Å². The predicted octanol–water partition coefficient (Wildman–Crippen LogP) is 6.45. The molecule has 5 rings (SSSR count). The average molecular weight is 658 g/mol. The maximum absolute atomic E-state index is 14.0. The number of benzene rings is 3. The number of hydrogen-bond donors (Lipinski definition) is 0. The van der Waals surface area contributed by atoms with Gasteiger partial charge >= 0.3 is 5.97 Å². The Bertz CT molecular complexity index is 1800. The topological polar surface area (TPSA) is 69.9 Å². The first-order valence-corrected chi connectivity index (χ1v) is 14.7. The second kappa shape index (κ2) is 12.1. The minimum absolute atomic E-state index is 0.283. The zero-order valence-corrected chi connectivity index (χ0v) is 25.4. The molecule has 6 nitrogen and oxygen atoms in total. The Kier molecular flexibility index (Phi) is 8.61. The Morgan fingerprint density at radius 1 is 1.10 bits per heavy atom. The standard InChI is InChI=1S/C30H23BrCl2N2O4S/c1-3-23-25(29(37)38-2)26(18-7-5-4-6-8-18)35-28(36)24(40-30(35)34-23)14-19-13-21(33)15-22(31)27(19)39-16-17-9-11-20(32)12-10-17/h4-15,26H,3,16H2,1-2H3/b24-14+/t26-/m1/s1. The van der Waals surface area contributed by atoms with Crippen LogP contribution in [0.15, 0.2) is 92.3 Å². The number of esters is 1. The molecule has 0 aliphatic carbocycles. The minimum Gasteiger partial charge on any atom is -0.487 e. The number of thiazole rings is 1. The van der Waals surface area contributed by atoms with Crippen molar-refractivity contribution in [3.8, 4) is 5.75 Å². The number of rotatable bonds is 7. The van der Waals surface area contributed by atoms with Gasteiger partial charge in [-0.25, -0.2) is 9.79 Å². The minimum atomic E-state index is -0.672. The average Bonchev–Trinajstić information content (AvgIpc) is 3.26. The van der Waals surface area contributed by atoms with Crippen LogP contribution in [0.2, 0.25) is 10.0 Å². The van der Waals surface area contributed by atoms with E-state index >= 15 is 0 Å². The van der Waals surface area contributed by atoms with Crippen molar-refractivity contribution in [2.45, 2.75) is 26.0 Å². The maximum atomic E-state index is 14.0. The zero-order chi connectivity index (χ0) is 28.4. The summed E-state index contributed by atoms with van der Waals surface area (Å²) in [6.45, 7) is 2.21. The van der Waals surface area contributed by atoms with E-state index in [-0.39, 0.29) is 12.2 Å². The number of halogens is 3. The van der Waals surface area contributed by atoms with Gasteiger partial charge in [-0.2, -0.15) is 0 Å². The fraction of sp³-hybridized carbons (Fsp3) is 0.167. The van der Waals surface area contributed by atoms with E-state index in [1.54, 1.807) is 34.9 Å². The van der Waals surface area contributed by atoms with Crippen LogP contribution in [0.4, 0.5) is 0 Å². The summed E-state index contributed by atoms with van der Waals surface area (Å²) in [7, 11) is 1.33. The third kappa shape index (κ3) is 5.67. The smallest absolute Gasteiger partial charge is 0.338 e. The molecule has 1 aliphatic heterocycles. The van der Waals surface area contributed by atoms with Gasteiger partial charge in [0.1, 0.15) is 12.4 Å².